The standard InChI is InChI=1S/C15H11ClFN3O/c1-8-2-3-9(17)6-11(8)14-19-15(21-20-14)12-7-10(18)4-5-13(12)16/h2-7H,18H2,1H3. The fourth-order valence-electron chi connectivity index (χ4n) is 1.98. The largest absolute Gasteiger partial charge is 0.399 e. The predicted octanol–water partition coefficient (Wildman–Crippen LogP) is 4.09. The minimum atomic E-state index is -0.357. The van der Waals surface area contributed by atoms with Crippen LogP contribution in [0.5, 0.6) is 0 Å². The number of hydrogen-bond donors (Lipinski definition) is 1. The molecular weight excluding hydrogens is 293 g/mol. The molecule has 0 atom stereocenters. The number of aromatic nitrogens is 2. The van der Waals surface area contributed by atoms with Crippen molar-refractivity contribution in [1.29, 1.82) is 0 Å². The SMILES string of the molecule is Cc1ccc(F)cc1-c1noc(-c2cc(N)ccc2Cl)n1. The predicted molar refractivity (Wildman–Crippen MR) is 79.3 cm³/mol. The highest BCUT2D eigenvalue weighted by molar-refractivity contribution is 6.33. The zero-order chi connectivity index (χ0) is 15.0. The van der Waals surface area contributed by atoms with Crippen molar-refractivity contribution in [2.24, 2.45) is 0 Å². The van der Waals surface area contributed by atoms with Crippen molar-refractivity contribution >= 4 is 17.3 Å². The second-order valence-corrected chi connectivity index (χ2v) is 5.03. The van der Waals surface area contributed by atoms with Crippen LogP contribution >= 0.6 is 11.6 Å². The zero-order valence-electron chi connectivity index (χ0n) is 11.1. The second kappa shape index (κ2) is 5.18. The van der Waals surface area contributed by atoms with E-state index in [0.29, 0.717) is 27.7 Å². The van der Waals surface area contributed by atoms with E-state index in [1.54, 1.807) is 24.3 Å². The number of benzene rings is 2. The van der Waals surface area contributed by atoms with Crippen molar-refractivity contribution < 1.29 is 8.91 Å². The van der Waals surface area contributed by atoms with Gasteiger partial charge in [0, 0.05) is 11.3 Å². The van der Waals surface area contributed by atoms with Gasteiger partial charge in [-0.1, -0.05) is 22.8 Å². The maximum atomic E-state index is 13.4. The zero-order valence-corrected chi connectivity index (χ0v) is 11.9. The number of nitrogens with two attached hydrogens (primary N) is 1. The Morgan fingerprint density at radius 3 is 2.76 bits per heavy atom. The Bertz CT molecular complexity index is 750. The van der Waals surface area contributed by atoms with Gasteiger partial charge in [0.05, 0.1) is 10.6 Å². The molecule has 1 aromatic heterocycles. The number of anilines is 1. The number of rotatable bonds is 2. The van der Waals surface area contributed by atoms with Gasteiger partial charge in [-0.15, -0.1) is 0 Å². The molecule has 0 saturated heterocycles. The fourth-order valence-corrected chi connectivity index (χ4v) is 2.18. The molecule has 106 valence electrons. The van der Waals surface area contributed by atoms with Crippen LogP contribution in [0.4, 0.5) is 10.1 Å². The number of aryl methyl sites for hydroxylation is 1. The van der Waals surface area contributed by atoms with Crippen molar-refractivity contribution in [3.8, 4) is 22.8 Å². The molecule has 0 aliphatic rings. The van der Waals surface area contributed by atoms with E-state index in [4.69, 9.17) is 21.9 Å². The van der Waals surface area contributed by atoms with Crippen molar-refractivity contribution in [3.05, 3.63) is 52.8 Å². The van der Waals surface area contributed by atoms with E-state index in [-0.39, 0.29) is 11.7 Å². The second-order valence-electron chi connectivity index (χ2n) is 4.62. The van der Waals surface area contributed by atoms with Crippen molar-refractivity contribution in [2.75, 3.05) is 5.73 Å². The molecule has 0 fully saturated rings. The van der Waals surface area contributed by atoms with Gasteiger partial charge in [0.2, 0.25) is 5.82 Å². The van der Waals surface area contributed by atoms with Crippen molar-refractivity contribution in [3.63, 3.8) is 0 Å². The van der Waals surface area contributed by atoms with Crippen LogP contribution in [-0.2, 0) is 0 Å². The van der Waals surface area contributed by atoms with Crippen molar-refractivity contribution in [2.45, 2.75) is 6.92 Å². The van der Waals surface area contributed by atoms with Crippen LogP contribution in [-0.4, -0.2) is 10.1 Å². The third-order valence-corrected chi connectivity index (χ3v) is 3.42. The lowest BCUT2D eigenvalue weighted by Crippen LogP contribution is -1.89. The fraction of sp³-hybridized carbons (Fsp3) is 0.0667. The Morgan fingerprint density at radius 1 is 1.14 bits per heavy atom. The summed E-state index contributed by atoms with van der Waals surface area (Å²) in [7, 11) is 0. The summed E-state index contributed by atoms with van der Waals surface area (Å²) in [5.41, 5.74) is 8.24. The average molecular weight is 304 g/mol. The third kappa shape index (κ3) is 2.60. The van der Waals surface area contributed by atoms with Crippen molar-refractivity contribution in [1.82, 2.24) is 10.1 Å². The summed E-state index contributed by atoms with van der Waals surface area (Å²) in [6.07, 6.45) is 0. The molecule has 21 heavy (non-hydrogen) atoms. The highest BCUT2D eigenvalue weighted by Crippen LogP contribution is 2.30. The van der Waals surface area contributed by atoms with Crippen LogP contribution in [0.3, 0.4) is 0 Å². The molecule has 0 aliphatic carbocycles. The lowest BCUT2D eigenvalue weighted by Gasteiger charge is -2.00. The van der Waals surface area contributed by atoms with E-state index in [0.717, 1.165) is 5.56 Å². The molecule has 0 spiro atoms. The number of nitrogens with zero attached hydrogens (tertiary/aromatic N) is 2. The lowest BCUT2D eigenvalue weighted by molar-refractivity contribution is 0.432. The maximum Gasteiger partial charge on any atom is 0.259 e. The van der Waals surface area contributed by atoms with E-state index in [1.165, 1.54) is 12.1 Å². The molecule has 4 nitrogen and oxygen atoms in total. The minimum Gasteiger partial charge on any atom is -0.399 e. The van der Waals surface area contributed by atoms with Gasteiger partial charge in [-0.2, -0.15) is 4.98 Å². The van der Waals surface area contributed by atoms with Gasteiger partial charge in [0.15, 0.2) is 0 Å². The van der Waals surface area contributed by atoms with Gasteiger partial charge < -0.3 is 10.3 Å². The molecule has 0 amide bonds. The lowest BCUT2D eigenvalue weighted by atomic mass is 10.1. The number of halogens is 2. The van der Waals surface area contributed by atoms with Crippen LogP contribution in [0.2, 0.25) is 5.02 Å². The van der Waals surface area contributed by atoms with Gasteiger partial charge in [-0.05, 0) is 42.8 Å². The van der Waals surface area contributed by atoms with Crippen LogP contribution in [0.1, 0.15) is 5.56 Å². The molecular formula is C15H11ClFN3O. The van der Waals surface area contributed by atoms with Gasteiger partial charge in [0.1, 0.15) is 5.82 Å². The molecule has 1 heterocycles. The van der Waals surface area contributed by atoms with E-state index < -0.39 is 0 Å². The molecule has 0 radical (unpaired) electrons. The first-order valence-electron chi connectivity index (χ1n) is 6.20. The number of hydrogen-bond acceptors (Lipinski definition) is 4. The molecule has 0 saturated carbocycles. The smallest absolute Gasteiger partial charge is 0.259 e. The molecule has 2 N–H and O–H groups in total. The van der Waals surface area contributed by atoms with E-state index in [1.807, 2.05) is 6.92 Å². The van der Waals surface area contributed by atoms with Crippen LogP contribution < -0.4 is 5.73 Å². The highest BCUT2D eigenvalue weighted by atomic mass is 35.5. The minimum absolute atomic E-state index is 0.242. The molecule has 3 rings (SSSR count). The van der Waals surface area contributed by atoms with Gasteiger partial charge >= 0.3 is 0 Å². The summed E-state index contributed by atoms with van der Waals surface area (Å²) >= 11 is 6.10. The van der Waals surface area contributed by atoms with Gasteiger partial charge in [0.25, 0.3) is 5.89 Å². The molecule has 0 aliphatic heterocycles. The van der Waals surface area contributed by atoms with E-state index >= 15 is 0 Å². The molecule has 3 aromatic rings. The first-order chi connectivity index (χ1) is 10.0. The Labute approximate surface area is 125 Å². The number of nitrogen functional groups attached to an aromatic ring is 1. The summed E-state index contributed by atoms with van der Waals surface area (Å²) in [5.74, 6) is 0.190. The first kappa shape index (κ1) is 13.6. The Hall–Kier alpha value is -2.40. The van der Waals surface area contributed by atoms with E-state index in [2.05, 4.69) is 10.1 Å². The summed E-state index contributed by atoms with van der Waals surface area (Å²) in [4.78, 5) is 4.27. The summed E-state index contributed by atoms with van der Waals surface area (Å²) in [6.45, 7) is 1.85. The maximum absolute atomic E-state index is 13.4. The molecule has 0 unspecified atom stereocenters. The molecule has 0 bridgehead atoms. The van der Waals surface area contributed by atoms with Gasteiger partial charge in [-0.25, -0.2) is 4.39 Å². The summed E-state index contributed by atoms with van der Waals surface area (Å²) in [5, 5.41) is 4.34. The first-order valence-corrected chi connectivity index (χ1v) is 6.58. The average Bonchev–Trinajstić information content (AvgIpc) is 2.93. The Morgan fingerprint density at radius 2 is 1.95 bits per heavy atom. The van der Waals surface area contributed by atoms with E-state index in [9.17, 15) is 4.39 Å². The third-order valence-electron chi connectivity index (χ3n) is 3.09. The Kier molecular flexibility index (Phi) is 3.35. The highest BCUT2D eigenvalue weighted by Gasteiger charge is 2.15. The monoisotopic (exact) mass is 303 g/mol. The van der Waals surface area contributed by atoms with Crippen LogP contribution in [0.25, 0.3) is 22.8 Å². The summed E-state index contributed by atoms with van der Waals surface area (Å²) in [6, 6.07) is 9.40. The Balaban J connectivity index is 2.08. The quantitative estimate of drug-likeness (QED) is 0.724. The molecule has 2 aromatic carbocycles. The van der Waals surface area contributed by atoms with Gasteiger partial charge in [-0.3, -0.25) is 0 Å². The summed E-state index contributed by atoms with van der Waals surface area (Å²) < 4.78 is 18.6. The van der Waals surface area contributed by atoms with Crippen LogP contribution in [0.15, 0.2) is 40.9 Å². The topological polar surface area (TPSA) is 64.9 Å². The normalized spacial score (nSPS) is 10.8. The molecule has 6 heteroatoms. The van der Waals surface area contributed by atoms with Crippen LogP contribution in [0, 0.1) is 12.7 Å².